The molecule has 2 aromatic rings. The van der Waals surface area contributed by atoms with Gasteiger partial charge in [-0.3, -0.25) is 4.90 Å². The first-order chi connectivity index (χ1) is 15.2. The van der Waals surface area contributed by atoms with Crippen molar-refractivity contribution < 1.29 is 4.74 Å². The van der Waals surface area contributed by atoms with E-state index in [9.17, 15) is 0 Å². The molecular weight excluding hydrogens is 378 g/mol. The van der Waals surface area contributed by atoms with Crippen LogP contribution < -0.4 is 4.74 Å². The number of nitrogens with zero attached hydrogens (tertiary/aromatic N) is 1. The van der Waals surface area contributed by atoms with E-state index in [4.69, 9.17) is 4.74 Å². The van der Waals surface area contributed by atoms with Gasteiger partial charge in [-0.1, -0.05) is 75.1 Å². The Hall–Kier alpha value is -2.06. The van der Waals surface area contributed by atoms with E-state index in [1.54, 1.807) is 0 Å². The first-order valence-electron chi connectivity index (χ1n) is 12.3. The molecular formula is C29H41NO. The second-order valence-corrected chi connectivity index (χ2v) is 9.26. The summed E-state index contributed by atoms with van der Waals surface area (Å²) in [5.74, 6) is 2.67. The summed E-state index contributed by atoms with van der Waals surface area (Å²) < 4.78 is 5.88. The van der Waals surface area contributed by atoms with Crippen LogP contribution in [0.4, 0.5) is 0 Å². The molecule has 0 unspecified atom stereocenters. The highest BCUT2D eigenvalue weighted by atomic mass is 16.5. The van der Waals surface area contributed by atoms with Crippen molar-refractivity contribution in [1.29, 1.82) is 0 Å². The zero-order chi connectivity index (χ0) is 21.9. The number of hydrogen-bond acceptors (Lipinski definition) is 2. The Balaban J connectivity index is 1.47. The normalized spacial score (nSPS) is 18.8. The van der Waals surface area contributed by atoms with Crippen molar-refractivity contribution in [2.24, 2.45) is 5.92 Å². The molecule has 3 rings (SSSR count). The predicted molar refractivity (Wildman–Crippen MR) is 134 cm³/mol. The van der Waals surface area contributed by atoms with Crippen LogP contribution in [0.25, 0.3) is 11.1 Å². The lowest BCUT2D eigenvalue weighted by Gasteiger charge is -2.29. The summed E-state index contributed by atoms with van der Waals surface area (Å²) in [4.78, 5) is 2.20. The van der Waals surface area contributed by atoms with Crippen LogP contribution in [0.1, 0.15) is 69.8 Å². The molecule has 0 saturated heterocycles. The van der Waals surface area contributed by atoms with E-state index in [1.807, 2.05) is 6.08 Å². The Morgan fingerprint density at radius 1 is 0.935 bits per heavy atom. The zero-order valence-corrected chi connectivity index (χ0v) is 19.7. The third-order valence-electron chi connectivity index (χ3n) is 6.81. The van der Waals surface area contributed by atoms with E-state index < -0.39 is 0 Å². The van der Waals surface area contributed by atoms with Crippen molar-refractivity contribution >= 4 is 0 Å². The minimum absolute atomic E-state index is 0.694. The van der Waals surface area contributed by atoms with E-state index >= 15 is 0 Å². The molecule has 1 aliphatic rings. The molecule has 2 nitrogen and oxygen atoms in total. The lowest BCUT2D eigenvalue weighted by Crippen LogP contribution is -2.24. The third kappa shape index (κ3) is 7.54. The van der Waals surface area contributed by atoms with Crippen molar-refractivity contribution in [1.82, 2.24) is 4.90 Å². The molecule has 0 heterocycles. The number of unbranched alkanes of at least 4 members (excludes halogenated alkanes) is 2. The van der Waals surface area contributed by atoms with Crippen LogP contribution in [0.15, 0.2) is 61.2 Å². The van der Waals surface area contributed by atoms with Gasteiger partial charge >= 0.3 is 0 Å². The topological polar surface area (TPSA) is 12.5 Å². The van der Waals surface area contributed by atoms with Gasteiger partial charge in [-0.05, 0) is 73.4 Å². The summed E-state index contributed by atoms with van der Waals surface area (Å²) in [6, 6.07) is 17.8. The van der Waals surface area contributed by atoms with E-state index in [2.05, 4.69) is 74.0 Å². The number of hydrogen-bond donors (Lipinski definition) is 0. The molecule has 2 aromatic carbocycles. The van der Waals surface area contributed by atoms with E-state index in [1.165, 1.54) is 68.1 Å². The smallest absolute Gasteiger partial charge is 0.119 e. The van der Waals surface area contributed by atoms with Crippen LogP contribution in [0, 0.1) is 5.92 Å². The Bertz CT molecular complexity index is 756. The number of likely N-dealkylation sites (N-methyl/N-ethyl adjacent to an activating group) is 1. The maximum absolute atomic E-state index is 5.88. The van der Waals surface area contributed by atoms with Gasteiger partial charge in [0.1, 0.15) is 12.4 Å². The average Bonchev–Trinajstić information content (AvgIpc) is 2.81. The van der Waals surface area contributed by atoms with Crippen molar-refractivity contribution in [2.45, 2.75) is 64.2 Å². The zero-order valence-electron chi connectivity index (χ0n) is 19.7. The van der Waals surface area contributed by atoms with Crippen LogP contribution >= 0.6 is 0 Å². The van der Waals surface area contributed by atoms with Crippen LogP contribution in [0.5, 0.6) is 5.75 Å². The molecule has 0 radical (unpaired) electrons. The van der Waals surface area contributed by atoms with Crippen molar-refractivity contribution in [3.05, 3.63) is 66.7 Å². The van der Waals surface area contributed by atoms with Gasteiger partial charge in [0.25, 0.3) is 0 Å². The summed E-state index contributed by atoms with van der Waals surface area (Å²) in [5.41, 5.74) is 4.07. The largest absolute Gasteiger partial charge is 0.492 e. The summed E-state index contributed by atoms with van der Waals surface area (Å²) >= 11 is 0. The lowest BCUT2D eigenvalue weighted by molar-refractivity contribution is 0.250. The fourth-order valence-corrected chi connectivity index (χ4v) is 4.79. The van der Waals surface area contributed by atoms with Gasteiger partial charge in [-0.25, -0.2) is 0 Å². The predicted octanol–water partition coefficient (Wildman–Crippen LogP) is 7.70. The van der Waals surface area contributed by atoms with Crippen LogP contribution in [0.2, 0.25) is 0 Å². The lowest BCUT2D eigenvalue weighted by atomic mass is 9.77. The Morgan fingerprint density at radius 3 is 2.19 bits per heavy atom. The quantitative estimate of drug-likeness (QED) is 0.258. The molecule has 2 heteroatoms. The molecule has 168 valence electrons. The number of rotatable bonds is 12. The minimum atomic E-state index is 0.694. The summed E-state index contributed by atoms with van der Waals surface area (Å²) in [5, 5.41) is 0. The van der Waals surface area contributed by atoms with Gasteiger partial charge in [-0.2, -0.15) is 0 Å². The number of ether oxygens (including phenoxy) is 1. The van der Waals surface area contributed by atoms with Gasteiger partial charge in [0.2, 0.25) is 0 Å². The summed E-state index contributed by atoms with van der Waals surface area (Å²) in [7, 11) is 2.08. The molecule has 0 spiro atoms. The van der Waals surface area contributed by atoms with Crippen molar-refractivity contribution in [3.8, 4) is 16.9 Å². The fraction of sp³-hybridized carbons (Fsp3) is 0.517. The second-order valence-electron chi connectivity index (χ2n) is 9.26. The highest BCUT2D eigenvalue weighted by Gasteiger charge is 2.22. The van der Waals surface area contributed by atoms with E-state index in [-0.39, 0.29) is 0 Å². The van der Waals surface area contributed by atoms with Gasteiger partial charge in [0.15, 0.2) is 0 Å². The minimum Gasteiger partial charge on any atom is -0.492 e. The molecule has 0 N–H and O–H groups in total. The van der Waals surface area contributed by atoms with Gasteiger partial charge < -0.3 is 4.74 Å². The van der Waals surface area contributed by atoms with Gasteiger partial charge in [-0.15, -0.1) is 6.58 Å². The Morgan fingerprint density at radius 2 is 1.58 bits per heavy atom. The molecule has 0 atom stereocenters. The number of benzene rings is 2. The van der Waals surface area contributed by atoms with Crippen LogP contribution in [0.3, 0.4) is 0 Å². The summed E-state index contributed by atoms with van der Waals surface area (Å²) in [6.45, 7) is 8.55. The Labute approximate surface area is 190 Å². The first-order valence-corrected chi connectivity index (χ1v) is 12.3. The SMILES string of the molecule is C=CCN(C)CCOc1ccc(-c2ccc(C3CCC(CCCCC)CC3)cc2)cc1. The standard InChI is InChI=1S/C29H41NO/c1-4-6-7-8-24-9-11-25(12-10-24)26-13-15-27(16-14-26)28-17-19-29(20-18-28)31-23-22-30(3)21-5-2/h5,13-20,24-25H,2,4,6-12,21-23H2,1,3H3. The fourth-order valence-electron chi connectivity index (χ4n) is 4.79. The Kier molecular flexibility index (Phi) is 9.68. The molecule has 1 aliphatic carbocycles. The van der Waals surface area contributed by atoms with Crippen LogP contribution in [-0.4, -0.2) is 31.6 Å². The monoisotopic (exact) mass is 419 g/mol. The molecule has 0 bridgehead atoms. The average molecular weight is 420 g/mol. The molecule has 0 amide bonds. The van der Waals surface area contributed by atoms with E-state index in [0.717, 1.165) is 30.7 Å². The van der Waals surface area contributed by atoms with Gasteiger partial charge in [0, 0.05) is 13.1 Å². The maximum Gasteiger partial charge on any atom is 0.119 e. The molecule has 31 heavy (non-hydrogen) atoms. The molecule has 1 saturated carbocycles. The van der Waals surface area contributed by atoms with Crippen molar-refractivity contribution in [2.75, 3.05) is 26.7 Å². The third-order valence-corrected chi connectivity index (χ3v) is 6.81. The summed E-state index contributed by atoms with van der Waals surface area (Å²) in [6.07, 6.45) is 13.1. The molecule has 1 fully saturated rings. The van der Waals surface area contributed by atoms with Crippen LogP contribution in [-0.2, 0) is 0 Å². The second kappa shape index (κ2) is 12.7. The molecule has 0 aliphatic heterocycles. The maximum atomic E-state index is 5.88. The molecule has 0 aromatic heterocycles. The highest BCUT2D eigenvalue weighted by Crippen LogP contribution is 2.38. The first kappa shape index (κ1) is 23.6. The van der Waals surface area contributed by atoms with E-state index in [0.29, 0.717) is 6.61 Å². The highest BCUT2D eigenvalue weighted by molar-refractivity contribution is 5.64. The van der Waals surface area contributed by atoms with Crippen molar-refractivity contribution in [3.63, 3.8) is 0 Å². The van der Waals surface area contributed by atoms with Gasteiger partial charge in [0.05, 0.1) is 0 Å².